The zero-order valence-corrected chi connectivity index (χ0v) is 12.0. The lowest BCUT2D eigenvalue weighted by Crippen LogP contribution is -2.01. The van der Waals surface area contributed by atoms with Gasteiger partial charge in [0.25, 0.3) is 0 Å². The average molecular weight is 264 g/mol. The summed E-state index contributed by atoms with van der Waals surface area (Å²) < 4.78 is 10.6. The van der Waals surface area contributed by atoms with Gasteiger partial charge in [-0.2, -0.15) is 0 Å². The van der Waals surface area contributed by atoms with Crippen LogP contribution in [0.25, 0.3) is 0 Å². The van der Waals surface area contributed by atoms with Crippen molar-refractivity contribution >= 4 is 5.97 Å². The molecule has 3 heteroatoms. The van der Waals surface area contributed by atoms with Crippen molar-refractivity contribution in [1.82, 2.24) is 0 Å². The fourth-order valence-electron chi connectivity index (χ4n) is 1.84. The smallest absolute Gasteiger partial charge is 0.308 e. The maximum absolute atomic E-state index is 10.8. The lowest BCUT2D eigenvalue weighted by Gasteiger charge is -2.07. The molecule has 0 aromatic heterocycles. The Morgan fingerprint density at radius 1 is 0.947 bits per heavy atom. The van der Waals surface area contributed by atoms with Crippen molar-refractivity contribution < 1.29 is 14.3 Å². The van der Waals surface area contributed by atoms with Gasteiger partial charge in [0.15, 0.2) is 0 Å². The van der Waals surface area contributed by atoms with Gasteiger partial charge in [-0.25, -0.2) is 0 Å². The van der Waals surface area contributed by atoms with Crippen LogP contribution in [-0.2, 0) is 4.79 Å². The number of rotatable bonds is 9. The summed E-state index contributed by atoms with van der Waals surface area (Å²) in [6.07, 6.45) is 7.56. The van der Waals surface area contributed by atoms with E-state index in [1.54, 1.807) is 12.1 Å². The van der Waals surface area contributed by atoms with Crippen LogP contribution in [0, 0.1) is 0 Å². The summed E-state index contributed by atoms with van der Waals surface area (Å²) in [5, 5.41) is 0. The van der Waals surface area contributed by atoms with E-state index in [2.05, 4.69) is 6.92 Å². The van der Waals surface area contributed by atoms with E-state index in [-0.39, 0.29) is 5.97 Å². The van der Waals surface area contributed by atoms with Gasteiger partial charge in [0.1, 0.15) is 11.5 Å². The second-order valence-corrected chi connectivity index (χ2v) is 4.68. The maximum Gasteiger partial charge on any atom is 0.308 e. The summed E-state index contributed by atoms with van der Waals surface area (Å²) in [5.41, 5.74) is 0. The van der Waals surface area contributed by atoms with Crippen molar-refractivity contribution in [1.29, 1.82) is 0 Å². The fourth-order valence-corrected chi connectivity index (χ4v) is 1.84. The largest absolute Gasteiger partial charge is 0.494 e. The topological polar surface area (TPSA) is 35.5 Å². The van der Waals surface area contributed by atoms with E-state index < -0.39 is 0 Å². The molecule has 0 atom stereocenters. The number of carbonyl (C=O) groups excluding carboxylic acids is 1. The van der Waals surface area contributed by atoms with Crippen molar-refractivity contribution in [2.45, 2.75) is 52.4 Å². The first-order valence-corrected chi connectivity index (χ1v) is 7.13. The van der Waals surface area contributed by atoms with Gasteiger partial charge in [-0.15, -0.1) is 0 Å². The molecule has 0 saturated heterocycles. The Bertz CT molecular complexity index is 357. The number of benzene rings is 1. The van der Waals surface area contributed by atoms with Gasteiger partial charge in [0.2, 0.25) is 0 Å². The molecule has 0 radical (unpaired) electrons. The van der Waals surface area contributed by atoms with Crippen LogP contribution in [-0.4, -0.2) is 12.6 Å². The minimum atomic E-state index is -0.305. The van der Waals surface area contributed by atoms with Gasteiger partial charge >= 0.3 is 5.97 Å². The van der Waals surface area contributed by atoms with Crippen LogP contribution < -0.4 is 9.47 Å². The molecule has 1 aromatic rings. The van der Waals surface area contributed by atoms with E-state index in [4.69, 9.17) is 9.47 Å². The SMILES string of the molecule is CCCCCCCCOc1ccc(OC(C)=O)cc1. The molecule has 0 heterocycles. The number of ether oxygens (including phenoxy) is 2. The first-order valence-electron chi connectivity index (χ1n) is 7.13. The number of hydrogen-bond donors (Lipinski definition) is 0. The van der Waals surface area contributed by atoms with E-state index in [1.807, 2.05) is 12.1 Å². The lowest BCUT2D eigenvalue weighted by molar-refractivity contribution is -0.131. The number of esters is 1. The minimum Gasteiger partial charge on any atom is -0.494 e. The first kappa shape index (κ1) is 15.5. The first-order chi connectivity index (χ1) is 9.22. The molecule has 0 fully saturated rings. The summed E-state index contributed by atoms with van der Waals surface area (Å²) >= 11 is 0. The normalized spacial score (nSPS) is 10.2. The van der Waals surface area contributed by atoms with Crippen LogP contribution in [0.5, 0.6) is 11.5 Å². The standard InChI is InChI=1S/C16H24O3/c1-3-4-5-6-7-8-13-18-15-9-11-16(12-10-15)19-14(2)17/h9-12H,3-8,13H2,1-2H3. The third-order valence-corrected chi connectivity index (χ3v) is 2.85. The molecule has 0 bridgehead atoms. The summed E-state index contributed by atoms with van der Waals surface area (Å²) in [6.45, 7) is 4.37. The average Bonchev–Trinajstić information content (AvgIpc) is 2.39. The van der Waals surface area contributed by atoms with E-state index in [9.17, 15) is 4.79 Å². The van der Waals surface area contributed by atoms with Crippen LogP contribution in [0.15, 0.2) is 24.3 Å². The Morgan fingerprint density at radius 2 is 1.53 bits per heavy atom. The monoisotopic (exact) mass is 264 g/mol. The van der Waals surface area contributed by atoms with Crippen LogP contribution in [0.2, 0.25) is 0 Å². The zero-order valence-electron chi connectivity index (χ0n) is 12.0. The van der Waals surface area contributed by atoms with Crippen molar-refractivity contribution in [2.75, 3.05) is 6.61 Å². The van der Waals surface area contributed by atoms with Crippen LogP contribution in [0.4, 0.5) is 0 Å². The van der Waals surface area contributed by atoms with Gasteiger partial charge in [0.05, 0.1) is 6.61 Å². The Hall–Kier alpha value is -1.51. The lowest BCUT2D eigenvalue weighted by atomic mass is 10.1. The third-order valence-electron chi connectivity index (χ3n) is 2.85. The molecule has 0 aliphatic carbocycles. The molecule has 19 heavy (non-hydrogen) atoms. The number of carbonyl (C=O) groups is 1. The van der Waals surface area contributed by atoms with Crippen LogP contribution >= 0.6 is 0 Å². The van der Waals surface area contributed by atoms with Gasteiger partial charge in [-0.1, -0.05) is 39.0 Å². The molecule has 106 valence electrons. The molecule has 1 aromatic carbocycles. The highest BCUT2D eigenvalue weighted by atomic mass is 16.5. The molecule has 0 aliphatic heterocycles. The second-order valence-electron chi connectivity index (χ2n) is 4.68. The highest BCUT2D eigenvalue weighted by molar-refractivity contribution is 5.69. The summed E-state index contributed by atoms with van der Waals surface area (Å²) in [5.74, 6) is 1.07. The predicted molar refractivity (Wildman–Crippen MR) is 76.6 cm³/mol. The Morgan fingerprint density at radius 3 is 2.16 bits per heavy atom. The van der Waals surface area contributed by atoms with Crippen LogP contribution in [0.3, 0.4) is 0 Å². The molecule has 0 aliphatic rings. The molecule has 1 rings (SSSR count). The molecule has 0 saturated carbocycles. The van der Waals surface area contributed by atoms with E-state index in [0.29, 0.717) is 5.75 Å². The predicted octanol–water partition coefficient (Wildman–Crippen LogP) is 4.35. The quantitative estimate of drug-likeness (QED) is 0.378. The molecular weight excluding hydrogens is 240 g/mol. The van der Waals surface area contributed by atoms with Crippen molar-refractivity contribution in [3.8, 4) is 11.5 Å². The molecule has 0 spiro atoms. The van der Waals surface area contributed by atoms with E-state index in [1.165, 1.54) is 39.0 Å². The number of hydrogen-bond acceptors (Lipinski definition) is 3. The molecule has 0 N–H and O–H groups in total. The molecular formula is C16H24O3. The van der Waals surface area contributed by atoms with Crippen LogP contribution in [0.1, 0.15) is 52.4 Å². The summed E-state index contributed by atoms with van der Waals surface area (Å²) in [4.78, 5) is 10.8. The zero-order chi connectivity index (χ0) is 13.9. The van der Waals surface area contributed by atoms with Crippen molar-refractivity contribution in [2.24, 2.45) is 0 Å². The molecule has 3 nitrogen and oxygen atoms in total. The molecule has 0 amide bonds. The van der Waals surface area contributed by atoms with Crippen molar-refractivity contribution in [3.63, 3.8) is 0 Å². The summed E-state index contributed by atoms with van der Waals surface area (Å²) in [6, 6.07) is 7.15. The summed E-state index contributed by atoms with van der Waals surface area (Å²) in [7, 11) is 0. The second kappa shape index (κ2) is 9.42. The maximum atomic E-state index is 10.8. The Kier molecular flexibility index (Phi) is 7.71. The molecule has 0 unspecified atom stereocenters. The van der Waals surface area contributed by atoms with Gasteiger partial charge in [0, 0.05) is 6.92 Å². The van der Waals surface area contributed by atoms with E-state index in [0.717, 1.165) is 18.8 Å². The fraction of sp³-hybridized carbons (Fsp3) is 0.562. The number of unbranched alkanes of at least 4 members (excludes halogenated alkanes) is 5. The van der Waals surface area contributed by atoms with Gasteiger partial charge in [-0.3, -0.25) is 4.79 Å². The van der Waals surface area contributed by atoms with Gasteiger partial charge < -0.3 is 9.47 Å². The highest BCUT2D eigenvalue weighted by Crippen LogP contribution is 2.18. The van der Waals surface area contributed by atoms with E-state index >= 15 is 0 Å². The minimum absolute atomic E-state index is 0.305. The Labute approximate surface area is 115 Å². The van der Waals surface area contributed by atoms with Crippen molar-refractivity contribution in [3.05, 3.63) is 24.3 Å². The Balaban J connectivity index is 2.14. The highest BCUT2D eigenvalue weighted by Gasteiger charge is 1.99. The van der Waals surface area contributed by atoms with Gasteiger partial charge in [-0.05, 0) is 30.7 Å². The third kappa shape index (κ3) is 7.50.